The molecule has 25 heavy (non-hydrogen) atoms. The summed E-state index contributed by atoms with van der Waals surface area (Å²) >= 11 is 6.16. The summed E-state index contributed by atoms with van der Waals surface area (Å²) in [7, 11) is 2.71. The van der Waals surface area contributed by atoms with Gasteiger partial charge in [-0.15, -0.1) is 9.24 Å². The number of halogens is 1. The molecule has 1 atom stereocenters. The van der Waals surface area contributed by atoms with Crippen LogP contribution in [0.3, 0.4) is 0 Å². The minimum absolute atomic E-state index is 0.371. The Hall–Kier alpha value is -2.36. The number of benzene rings is 1. The maximum Gasteiger partial charge on any atom is 0.185 e. The Labute approximate surface area is 153 Å². The van der Waals surface area contributed by atoms with E-state index in [-0.39, 0.29) is 0 Å². The van der Waals surface area contributed by atoms with Gasteiger partial charge in [0.25, 0.3) is 0 Å². The van der Waals surface area contributed by atoms with Crippen molar-refractivity contribution >= 4 is 43.3 Å². The monoisotopic (exact) mass is 370 g/mol. The van der Waals surface area contributed by atoms with Crippen molar-refractivity contribution in [3.8, 4) is 17.0 Å². The number of fused-ring (bicyclic) bond motifs is 1. The van der Waals surface area contributed by atoms with E-state index in [0.29, 0.717) is 23.2 Å². The molecule has 3 aromatic rings. The Balaban J connectivity index is 1.88. The maximum absolute atomic E-state index is 6.19. The van der Waals surface area contributed by atoms with Crippen LogP contribution in [0.2, 0.25) is 5.02 Å². The largest absolute Gasteiger partial charge is 0.486 e. The molecule has 0 amide bonds. The molecule has 4 rings (SSSR count). The van der Waals surface area contributed by atoms with E-state index in [2.05, 4.69) is 24.1 Å². The quantitative estimate of drug-likeness (QED) is 0.700. The first kappa shape index (κ1) is 16.1. The first-order valence-corrected chi connectivity index (χ1v) is 8.75. The van der Waals surface area contributed by atoms with Gasteiger partial charge in [-0.2, -0.15) is 0 Å². The van der Waals surface area contributed by atoms with Crippen molar-refractivity contribution in [1.29, 1.82) is 0 Å². The smallest absolute Gasteiger partial charge is 0.185 e. The van der Waals surface area contributed by atoms with Gasteiger partial charge < -0.3 is 15.4 Å². The summed E-state index contributed by atoms with van der Waals surface area (Å²) in [5.74, 6) is 0.981. The highest BCUT2D eigenvalue weighted by molar-refractivity contribution is 7.28. The van der Waals surface area contributed by atoms with Crippen LogP contribution >= 0.6 is 20.8 Å². The molecule has 0 aliphatic carbocycles. The molecule has 126 valence electrons. The third-order valence-electron chi connectivity index (χ3n) is 4.10. The number of aromatic nitrogens is 2. The lowest BCUT2D eigenvalue weighted by Gasteiger charge is -2.32. The van der Waals surface area contributed by atoms with Crippen molar-refractivity contribution in [2.24, 2.45) is 0 Å². The number of ether oxygens (including phenoxy) is 1. The van der Waals surface area contributed by atoms with Crippen LogP contribution in [0.15, 0.2) is 48.8 Å². The number of nitrogen functional groups attached to an aromatic ring is 1. The van der Waals surface area contributed by atoms with Gasteiger partial charge in [-0.3, -0.25) is 4.98 Å². The highest BCUT2D eigenvalue weighted by Crippen LogP contribution is 2.41. The van der Waals surface area contributed by atoms with Crippen molar-refractivity contribution in [3.05, 3.63) is 53.8 Å². The molecule has 0 fully saturated rings. The number of anilines is 3. The van der Waals surface area contributed by atoms with E-state index in [9.17, 15) is 0 Å². The second kappa shape index (κ2) is 6.51. The Bertz CT molecular complexity index is 936. The molecule has 2 aromatic heterocycles. The van der Waals surface area contributed by atoms with Crippen LogP contribution in [0.4, 0.5) is 17.2 Å². The highest BCUT2D eigenvalue weighted by Gasteiger charge is 2.24. The molecule has 1 unspecified atom stereocenters. The van der Waals surface area contributed by atoms with Crippen LogP contribution in [0.25, 0.3) is 11.3 Å². The minimum Gasteiger partial charge on any atom is -0.486 e. The Morgan fingerprint density at radius 1 is 1.16 bits per heavy atom. The van der Waals surface area contributed by atoms with E-state index in [4.69, 9.17) is 22.1 Å². The van der Waals surface area contributed by atoms with Crippen molar-refractivity contribution in [2.45, 2.75) is 0 Å². The van der Waals surface area contributed by atoms with Gasteiger partial charge in [0.1, 0.15) is 6.61 Å². The van der Waals surface area contributed by atoms with Gasteiger partial charge in [-0.25, -0.2) is 4.98 Å². The molecule has 0 bridgehead atoms. The summed E-state index contributed by atoms with van der Waals surface area (Å²) in [5, 5.41) is 1.66. The van der Waals surface area contributed by atoms with Crippen molar-refractivity contribution < 1.29 is 4.74 Å². The van der Waals surface area contributed by atoms with Gasteiger partial charge in [0.05, 0.1) is 17.9 Å². The zero-order valence-electron chi connectivity index (χ0n) is 13.3. The SMILES string of the molecule is Nc1nc(-c2cc(Cl)ccc2P)cc2c1OCCN2c1ccncc1. The lowest BCUT2D eigenvalue weighted by Crippen LogP contribution is -2.29. The molecule has 3 heterocycles. The molecule has 0 spiro atoms. The van der Waals surface area contributed by atoms with Crippen LogP contribution < -0.4 is 20.7 Å². The van der Waals surface area contributed by atoms with Crippen LogP contribution in [0, 0.1) is 0 Å². The second-order valence-corrected chi connectivity index (χ2v) is 6.74. The molecule has 2 N–H and O–H groups in total. The van der Waals surface area contributed by atoms with Gasteiger partial charge in [0.2, 0.25) is 0 Å². The van der Waals surface area contributed by atoms with Gasteiger partial charge in [0, 0.05) is 28.7 Å². The zero-order chi connectivity index (χ0) is 17.4. The average molecular weight is 371 g/mol. The topological polar surface area (TPSA) is 64.3 Å². The van der Waals surface area contributed by atoms with Gasteiger partial charge in [0.15, 0.2) is 11.6 Å². The molecule has 0 saturated carbocycles. The van der Waals surface area contributed by atoms with Gasteiger partial charge in [-0.05, 0) is 35.6 Å². The van der Waals surface area contributed by atoms with E-state index in [1.165, 1.54) is 0 Å². The molecular weight excluding hydrogens is 355 g/mol. The predicted molar refractivity (Wildman–Crippen MR) is 105 cm³/mol. The molecule has 0 radical (unpaired) electrons. The Kier molecular flexibility index (Phi) is 4.20. The summed E-state index contributed by atoms with van der Waals surface area (Å²) < 4.78 is 5.77. The lowest BCUT2D eigenvalue weighted by molar-refractivity contribution is 0.315. The molecule has 7 heteroatoms. The fourth-order valence-corrected chi connectivity index (χ4v) is 3.43. The fourth-order valence-electron chi connectivity index (χ4n) is 2.93. The molecular formula is C18H16ClN4OP. The number of nitrogens with two attached hydrogens (primary N) is 1. The fraction of sp³-hybridized carbons (Fsp3) is 0.111. The molecule has 0 saturated heterocycles. The van der Waals surface area contributed by atoms with Crippen LogP contribution in [0.5, 0.6) is 5.75 Å². The van der Waals surface area contributed by atoms with Crippen LogP contribution in [-0.2, 0) is 0 Å². The third kappa shape index (κ3) is 3.01. The average Bonchev–Trinajstić information content (AvgIpc) is 2.64. The van der Waals surface area contributed by atoms with Crippen molar-refractivity contribution in [3.63, 3.8) is 0 Å². The second-order valence-electron chi connectivity index (χ2n) is 5.68. The van der Waals surface area contributed by atoms with E-state index in [1.807, 2.05) is 36.4 Å². The van der Waals surface area contributed by atoms with Gasteiger partial charge >= 0.3 is 0 Å². The van der Waals surface area contributed by atoms with Crippen molar-refractivity contribution in [2.75, 3.05) is 23.8 Å². The minimum atomic E-state index is 0.371. The molecule has 1 aliphatic rings. The summed E-state index contributed by atoms with van der Waals surface area (Å²) in [6.45, 7) is 1.27. The summed E-state index contributed by atoms with van der Waals surface area (Å²) in [4.78, 5) is 10.8. The van der Waals surface area contributed by atoms with Gasteiger partial charge in [-0.1, -0.05) is 17.7 Å². The number of hydrogen-bond donors (Lipinski definition) is 1. The molecule has 1 aromatic carbocycles. The summed E-state index contributed by atoms with van der Waals surface area (Å²) in [5.41, 5.74) is 9.80. The number of nitrogens with zero attached hydrogens (tertiary/aromatic N) is 3. The third-order valence-corrected chi connectivity index (χ3v) is 4.84. The highest BCUT2D eigenvalue weighted by atomic mass is 35.5. The number of hydrogen-bond acceptors (Lipinski definition) is 5. The Morgan fingerprint density at radius 3 is 2.76 bits per heavy atom. The van der Waals surface area contributed by atoms with E-state index in [0.717, 1.165) is 34.5 Å². The lowest BCUT2D eigenvalue weighted by atomic mass is 10.1. The number of rotatable bonds is 2. The first-order chi connectivity index (χ1) is 12.1. The molecule has 5 nitrogen and oxygen atoms in total. The van der Waals surface area contributed by atoms with Crippen molar-refractivity contribution in [1.82, 2.24) is 9.97 Å². The molecule has 1 aliphatic heterocycles. The summed E-state index contributed by atoms with van der Waals surface area (Å²) in [6.07, 6.45) is 3.54. The first-order valence-electron chi connectivity index (χ1n) is 7.80. The van der Waals surface area contributed by atoms with E-state index >= 15 is 0 Å². The standard InChI is InChI=1S/C18H16ClN4OP/c19-11-1-2-16(25)13(9-11)14-10-15-17(18(20)22-14)24-8-7-23(15)12-3-5-21-6-4-12/h1-6,9-10H,7-8,25H2,(H2,20,22). The summed E-state index contributed by atoms with van der Waals surface area (Å²) in [6, 6.07) is 11.6. The van der Waals surface area contributed by atoms with E-state index < -0.39 is 0 Å². The predicted octanol–water partition coefficient (Wildman–Crippen LogP) is 3.41. The zero-order valence-corrected chi connectivity index (χ0v) is 15.2. The van der Waals surface area contributed by atoms with Crippen LogP contribution in [-0.4, -0.2) is 23.1 Å². The van der Waals surface area contributed by atoms with E-state index in [1.54, 1.807) is 12.4 Å². The number of pyridine rings is 2. The maximum atomic E-state index is 6.19. The normalized spacial score (nSPS) is 13.3. The van der Waals surface area contributed by atoms with Crippen LogP contribution in [0.1, 0.15) is 0 Å². The Morgan fingerprint density at radius 2 is 1.96 bits per heavy atom.